The summed E-state index contributed by atoms with van der Waals surface area (Å²) in [6.45, 7) is 5.32. The van der Waals surface area contributed by atoms with Crippen LogP contribution < -0.4 is 10.6 Å². The van der Waals surface area contributed by atoms with E-state index in [0.717, 1.165) is 18.4 Å². The van der Waals surface area contributed by atoms with E-state index < -0.39 is 0 Å². The number of hydrogen-bond acceptors (Lipinski definition) is 3. The van der Waals surface area contributed by atoms with Gasteiger partial charge in [-0.3, -0.25) is 0 Å². The summed E-state index contributed by atoms with van der Waals surface area (Å²) in [5.74, 6) is 1.10. The van der Waals surface area contributed by atoms with Crippen molar-refractivity contribution in [3.05, 3.63) is 23.9 Å². The van der Waals surface area contributed by atoms with Gasteiger partial charge < -0.3 is 10.6 Å². The molecule has 0 unspecified atom stereocenters. The topological polar surface area (TPSA) is 42.1 Å². The lowest BCUT2D eigenvalue weighted by molar-refractivity contribution is 0.744. The van der Waals surface area contributed by atoms with Gasteiger partial charge in [0.05, 0.1) is 0 Å². The van der Waals surface area contributed by atoms with Crippen molar-refractivity contribution in [2.75, 3.05) is 11.4 Å². The second kappa shape index (κ2) is 4.83. The van der Waals surface area contributed by atoms with Gasteiger partial charge in [0.15, 0.2) is 0 Å². The van der Waals surface area contributed by atoms with Crippen LogP contribution in [0.25, 0.3) is 0 Å². The minimum absolute atomic E-state index is 0.0874. The molecular formula is C13H21N3. The molecule has 0 saturated heterocycles. The van der Waals surface area contributed by atoms with Gasteiger partial charge in [-0.2, -0.15) is 0 Å². The first-order valence-corrected chi connectivity index (χ1v) is 6.20. The molecule has 1 aliphatic rings. The number of nitrogens with two attached hydrogens (primary N) is 1. The summed E-state index contributed by atoms with van der Waals surface area (Å²) in [6.07, 6.45) is 5.66. The Balaban J connectivity index is 2.19. The van der Waals surface area contributed by atoms with Crippen molar-refractivity contribution in [1.82, 2.24) is 4.98 Å². The average molecular weight is 219 g/mol. The highest BCUT2D eigenvalue weighted by Gasteiger charge is 2.29. The molecule has 1 heterocycles. The highest BCUT2D eigenvalue weighted by Crippen LogP contribution is 2.31. The SMILES string of the molecule is CCCN(c1cc([C@@H](C)N)ccn1)C1CC1. The predicted molar refractivity (Wildman–Crippen MR) is 67.5 cm³/mol. The molecule has 0 aliphatic heterocycles. The van der Waals surface area contributed by atoms with Crippen LogP contribution in [0.4, 0.5) is 5.82 Å². The van der Waals surface area contributed by atoms with Crippen LogP contribution in [0.15, 0.2) is 18.3 Å². The van der Waals surface area contributed by atoms with E-state index in [0.29, 0.717) is 0 Å². The van der Waals surface area contributed by atoms with Crippen LogP contribution >= 0.6 is 0 Å². The van der Waals surface area contributed by atoms with Crippen molar-refractivity contribution in [1.29, 1.82) is 0 Å². The van der Waals surface area contributed by atoms with E-state index in [1.54, 1.807) is 0 Å². The summed E-state index contributed by atoms with van der Waals surface area (Å²) in [7, 11) is 0. The largest absolute Gasteiger partial charge is 0.354 e. The fourth-order valence-electron chi connectivity index (χ4n) is 1.99. The van der Waals surface area contributed by atoms with Crippen LogP contribution in [0.3, 0.4) is 0 Å². The third kappa shape index (κ3) is 2.53. The number of nitrogens with zero attached hydrogens (tertiary/aromatic N) is 2. The Hall–Kier alpha value is -1.09. The van der Waals surface area contributed by atoms with Gasteiger partial charge in [-0.1, -0.05) is 6.92 Å². The molecule has 0 aromatic carbocycles. The van der Waals surface area contributed by atoms with E-state index in [4.69, 9.17) is 5.73 Å². The summed E-state index contributed by atoms with van der Waals surface area (Å²) >= 11 is 0. The Morgan fingerprint density at radius 1 is 1.56 bits per heavy atom. The highest BCUT2D eigenvalue weighted by molar-refractivity contribution is 5.44. The zero-order valence-electron chi connectivity index (χ0n) is 10.2. The van der Waals surface area contributed by atoms with E-state index in [2.05, 4.69) is 22.9 Å². The minimum Gasteiger partial charge on any atom is -0.354 e. The normalized spacial score (nSPS) is 17.2. The zero-order chi connectivity index (χ0) is 11.5. The molecule has 2 rings (SSSR count). The van der Waals surface area contributed by atoms with E-state index in [9.17, 15) is 0 Å². The molecule has 0 radical (unpaired) electrons. The lowest BCUT2D eigenvalue weighted by Gasteiger charge is -2.23. The second-order valence-corrected chi connectivity index (χ2v) is 4.66. The van der Waals surface area contributed by atoms with Crippen LogP contribution in [0.2, 0.25) is 0 Å². The van der Waals surface area contributed by atoms with Crippen molar-refractivity contribution < 1.29 is 0 Å². The first-order valence-electron chi connectivity index (χ1n) is 6.20. The maximum absolute atomic E-state index is 5.90. The van der Waals surface area contributed by atoms with Crippen LogP contribution in [-0.4, -0.2) is 17.6 Å². The van der Waals surface area contributed by atoms with Gasteiger partial charge in [-0.05, 0) is 43.9 Å². The monoisotopic (exact) mass is 219 g/mol. The Morgan fingerprint density at radius 2 is 2.31 bits per heavy atom. The second-order valence-electron chi connectivity index (χ2n) is 4.66. The molecule has 0 bridgehead atoms. The molecule has 1 saturated carbocycles. The summed E-state index contributed by atoms with van der Waals surface area (Å²) < 4.78 is 0. The molecule has 1 aromatic rings. The van der Waals surface area contributed by atoms with Gasteiger partial charge in [-0.25, -0.2) is 4.98 Å². The maximum atomic E-state index is 5.90. The number of rotatable bonds is 5. The number of pyridine rings is 1. The molecule has 1 aliphatic carbocycles. The molecule has 1 fully saturated rings. The van der Waals surface area contributed by atoms with E-state index >= 15 is 0 Å². The number of hydrogen-bond donors (Lipinski definition) is 1. The summed E-state index contributed by atoms with van der Waals surface area (Å²) in [5, 5.41) is 0. The zero-order valence-corrected chi connectivity index (χ0v) is 10.2. The van der Waals surface area contributed by atoms with Crippen molar-refractivity contribution in [2.45, 2.75) is 45.2 Å². The predicted octanol–water partition coefficient (Wildman–Crippen LogP) is 2.48. The number of anilines is 1. The lowest BCUT2D eigenvalue weighted by atomic mass is 10.1. The molecule has 1 aromatic heterocycles. The Kier molecular flexibility index (Phi) is 3.44. The summed E-state index contributed by atoms with van der Waals surface area (Å²) in [6, 6.07) is 4.95. The Labute approximate surface area is 97.7 Å². The van der Waals surface area contributed by atoms with Crippen LogP contribution in [0.5, 0.6) is 0 Å². The van der Waals surface area contributed by atoms with E-state index in [1.807, 2.05) is 19.2 Å². The first-order chi connectivity index (χ1) is 7.72. The molecule has 0 amide bonds. The Morgan fingerprint density at radius 3 is 2.88 bits per heavy atom. The van der Waals surface area contributed by atoms with Crippen LogP contribution in [0, 0.1) is 0 Å². The summed E-state index contributed by atoms with van der Waals surface area (Å²) in [5.41, 5.74) is 7.08. The molecule has 0 spiro atoms. The smallest absolute Gasteiger partial charge is 0.129 e. The maximum Gasteiger partial charge on any atom is 0.129 e. The molecule has 16 heavy (non-hydrogen) atoms. The van der Waals surface area contributed by atoms with Gasteiger partial charge in [0.25, 0.3) is 0 Å². The van der Waals surface area contributed by atoms with Gasteiger partial charge in [0.2, 0.25) is 0 Å². The van der Waals surface area contributed by atoms with Crippen molar-refractivity contribution in [2.24, 2.45) is 5.73 Å². The molecular weight excluding hydrogens is 198 g/mol. The van der Waals surface area contributed by atoms with Crippen LogP contribution in [0.1, 0.15) is 44.7 Å². The highest BCUT2D eigenvalue weighted by atomic mass is 15.2. The minimum atomic E-state index is 0.0874. The quantitative estimate of drug-likeness (QED) is 0.827. The van der Waals surface area contributed by atoms with E-state index in [1.165, 1.54) is 24.8 Å². The molecule has 3 heteroatoms. The third-order valence-electron chi connectivity index (χ3n) is 3.04. The molecule has 2 N–H and O–H groups in total. The average Bonchev–Trinajstić information content (AvgIpc) is 3.10. The van der Waals surface area contributed by atoms with Crippen molar-refractivity contribution in [3.63, 3.8) is 0 Å². The molecule has 88 valence electrons. The summed E-state index contributed by atoms with van der Waals surface area (Å²) in [4.78, 5) is 6.89. The van der Waals surface area contributed by atoms with Gasteiger partial charge in [0, 0.05) is 24.8 Å². The van der Waals surface area contributed by atoms with Crippen molar-refractivity contribution in [3.8, 4) is 0 Å². The van der Waals surface area contributed by atoms with Crippen molar-refractivity contribution >= 4 is 5.82 Å². The molecule has 3 nitrogen and oxygen atoms in total. The van der Waals surface area contributed by atoms with Gasteiger partial charge >= 0.3 is 0 Å². The fourth-order valence-corrected chi connectivity index (χ4v) is 1.99. The standard InChI is InChI=1S/C13H21N3/c1-3-8-16(12-4-5-12)13-9-11(10(2)14)6-7-15-13/h6-7,9-10,12H,3-5,8,14H2,1-2H3/t10-/m1/s1. The van der Waals surface area contributed by atoms with Gasteiger partial charge in [-0.15, -0.1) is 0 Å². The Bertz CT molecular complexity index is 345. The van der Waals surface area contributed by atoms with Gasteiger partial charge in [0.1, 0.15) is 5.82 Å². The van der Waals surface area contributed by atoms with E-state index in [-0.39, 0.29) is 6.04 Å². The molecule has 1 atom stereocenters. The number of aromatic nitrogens is 1. The lowest BCUT2D eigenvalue weighted by Crippen LogP contribution is -2.27. The first kappa shape index (κ1) is 11.4. The third-order valence-corrected chi connectivity index (χ3v) is 3.04. The van der Waals surface area contributed by atoms with Crippen LogP contribution in [-0.2, 0) is 0 Å². The fraction of sp³-hybridized carbons (Fsp3) is 0.615.